The predicted octanol–water partition coefficient (Wildman–Crippen LogP) is 2.06. The highest BCUT2D eigenvalue weighted by molar-refractivity contribution is 8.00. The minimum Gasteiger partial charge on any atom is -0.480 e. The van der Waals surface area contributed by atoms with Crippen LogP contribution in [-0.4, -0.2) is 46.1 Å². The lowest BCUT2D eigenvalue weighted by Gasteiger charge is -2.22. The van der Waals surface area contributed by atoms with Crippen molar-refractivity contribution in [2.75, 3.05) is 18.4 Å². The number of carbonyl (C=O) groups is 3. The van der Waals surface area contributed by atoms with Crippen molar-refractivity contribution >= 4 is 35.2 Å². The van der Waals surface area contributed by atoms with E-state index in [-0.39, 0.29) is 23.6 Å². The van der Waals surface area contributed by atoms with Crippen molar-refractivity contribution in [3.05, 3.63) is 24.3 Å². The first kappa shape index (κ1) is 18.0. The monoisotopic (exact) mass is 324 g/mol. The molecule has 0 aromatic heterocycles. The molecule has 0 heterocycles. The molecular formula is C15H20N2O4S. The highest BCUT2D eigenvalue weighted by Crippen LogP contribution is 2.25. The average Bonchev–Trinajstić information content (AvgIpc) is 2.45. The third-order valence-electron chi connectivity index (χ3n) is 2.85. The highest BCUT2D eigenvalue weighted by atomic mass is 32.2. The van der Waals surface area contributed by atoms with Crippen molar-refractivity contribution in [1.82, 2.24) is 4.90 Å². The molecule has 7 heteroatoms. The van der Waals surface area contributed by atoms with Gasteiger partial charge in [-0.3, -0.25) is 14.4 Å². The van der Waals surface area contributed by atoms with E-state index in [2.05, 4.69) is 5.32 Å². The molecule has 0 spiro atoms. The molecule has 1 aromatic carbocycles. The Balaban J connectivity index is 2.66. The predicted molar refractivity (Wildman–Crippen MR) is 86.0 cm³/mol. The molecule has 0 fully saturated rings. The quantitative estimate of drug-likeness (QED) is 0.750. The molecule has 2 N–H and O–H groups in total. The zero-order valence-corrected chi connectivity index (χ0v) is 13.6. The number of anilines is 1. The van der Waals surface area contributed by atoms with Gasteiger partial charge in [-0.2, -0.15) is 0 Å². The summed E-state index contributed by atoms with van der Waals surface area (Å²) in [5.41, 5.74) is 0.692. The van der Waals surface area contributed by atoms with Crippen LogP contribution in [0.4, 0.5) is 5.69 Å². The number of rotatable bonds is 7. The Labute approximate surface area is 133 Å². The van der Waals surface area contributed by atoms with Crippen LogP contribution in [0, 0.1) is 0 Å². The van der Waals surface area contributed by atoms with Crippen LogP contribution in [0.2, 0.25) is 0 Å². The summed E-state index contributed by atoms with van der Waals surface area (Å²) in [4.78, 5) is 36.1. The van der Waals surface area contributed by atoms with Gasteiger partial charge in [0.25, 0.3) is 0 Å². The van der Waals surface area contributed by atoms with Crippen LogP contribution >= 0.6 is 11.8 Å². The Morgan fingerprint density at radius 3 is 2.32 bits per heavy atom. The van der Waals surface area contributed by atoms with E-state index in [4.69, 9.17) is 5.11 Å². The second kappa shape index (κ2) is 8.43. The second-order valence-electron chi connectivity index (χ2n) is 4.71. The lowest BCUT2D eigenvalue weighted by Crippen LogP contribution is -2.39. The van der Waals surface area contributed by atoms with Crippen molar-refractivity contribution in [2.24, 2.45) is 0 Å². The van der Waals surface area contributed by atoms with Crippen LogP contribution in [0.25, 0.3) is 0 Å². The van der Waals surface area contributed by atoms with E-state index in [9.17, 15) is 14.4 Å². The van der Waals surface area contributed by atoms with Gasteiger partial charge in [-0.15, -0.1) is 11.8 Å². The summed E-state index contributed by atoms with van der Waals surface area (Å²) in [6.07, 6.45) is 0. The molecule has 1 atom stereocenters. The Bertz CT molecular complexity index is 545. The maximum atomic E-state index is 12.2. The zero-order chi connectivity index (χ0) is 16.7. The van der Waals surface area contributed by atoms with E-state index >= 15 is 0 Å². The number of thioether (sulfide) groups is 1. The first-order valence-corrected chi connectivity index (χ1v) is 7.76. The van der Waals surface area contributed by atoms with E-state index in [0.717, 1.165) is 4.90 Å². The molecule has 6 nitrogen and oxygen atoms in total. The molecule has 0 aliphatic rings. The van der Waals surface area contributed by atoms with Gasteiger partial charge in [0, 0.05) is 24.1 Å². The number of carbonyl (C=O) groups excluding carboxylic acids is 2. The van der Waals surface area contributed by atoms with E-state index in [1.807, 2.05) is 12.1 Å². The fourth-order valence-electron chi connectivity index (χ4n) is 1.84. The van der Waals surface area contributed by atoms with Gasteiger partial charge in [-0.25, -0.2) is 0 Å². The maximum Gasteiger partial charge on any atom is 0.323 e. The fraction of sp³-hybridized carbons (Fsp3) is 0.400. The SMILES string of the molecule is CCN(CC(=O)O)C(=O)C(C)Sc1ccc(NC(C)=O)cc1. The number of hydrogen-bond donors (Lipinski definition) is 2. The van der Waals surface area contributed by atoms with Crippen molar-refractivity contribution in [2.45, 2.75) is 30.9 Å². The van der Waals surface area contributed by atoms with E-state index in [1.54, 1.807) is 26.0 Å². The third-order valence-corrected chi connectivity index (χ3v) is 3.95. The summed E-state index contributed by atoms with van der Waals surface area (Å²) in [5.74, 6) is -1.37. The van der Waals surface area contributed by atoms with Gasteiger partial charge in [0.05, 0.1) is 5.25 Å². The fourth-order valence-corrected chi connectivity index (χ4v) is 2.79. The minimum absolute atomic E-state index is 0.142. The molecule has 0 radical (unpaired) electrons. The number of nitrogens with one attached hydrogen (secondary N) is 1. The molecule has 22 heavy (non-hydrogen) atoms. The molecule has 1 rings (SSSR count). The lowest BCUT2D eigenvalue weighted by molar-refractivity contribution is -0.143. The van der Waals surface area contributed by atoms with Gasteiger partial charge in [0.2, 0.25) is 11.8 Å². The van der Waals surface area contributed by atoms with Gasteiger partial charge in [-0.05, 0) is 38.1 Å². The first-order chi connectivity index (χ1) is 10.3. The summed E-state index contributed by atoms with van der Waals surface area (Å²) in [5, 5.41) is 11.1. The molecule has 2 amide bonds. The van der Waals surface area contributed by atoms with Crippen LogP contribution in [0.5, 0.6) is 0 Å². The highest BCUT2D eigenvalue weighted by Gasteiger charge is 2.22. The van der Waals surface area contributed by atoms with Gasteiger partial charge in [0.1, 0.15) is 6.54 Å². The number of nitrogens with zero attached hydrogens (tertiary/aromatic N) is 1. The number of hydrogen-bond acceptors (Lipinski definition) is 4. The number of likely N-dealkylation sites (N-methyl/N-ethyl adjacent to an activating group) is 1. The van der Waals surface area contributed by atoms with Crippen LogP contribution in [0.3, 0.4) is 0 Å². The van der Waals surface area contributed by atoms with E-state index in [0.29, 0.717) is 12.2 Å². The molecule has 1 unspecified atom stereocenters. The molecule has 1 aromatic rings. The number of amides is 2. The molecule has 0 saturated heterocycles. The smallest absolute Gasteiger partial charge is 0.323 e. The topological polar surface area (TPSA) is 86.7 Å². The second-order valence-corrected chi connectivity index (χ2v) is 6.13. The molecule has 0 aliphatic heterocycles. The average molecular weight is 324 g/mol. The van der Waals surface area contributed by atoms with E-state index in [1.165, 1.54) is 23.6 Å². The Morgan fingerprint density at radius 1 is 1.27 bits per heavy atom. The minimum atomic E-state index is -1.02. The summed E-state index contributed by atoms with van der Waals surface area (Å²) < 4.78 is 0. The zero-order valence-electron chi connectivity index (χ0n) is 12.8. The maximum absolute atomic E-state index is 12.2. The summed E-state index contributed by atoms with van der Waals surface area (Å²) in [7, 11) is 0. The molecule has 0 aliphatic carbocycles. The van der Waals surface area contributed by atoms with Crippen molar-refractivity contribution in [3.8, 4) is 0 Å². The first-order valence-electron chi connectivity index (χ1n) is 6.88. The van der Waals surface area contributed by atoms with Crippen molar-refractivity contribution < 1.29 is 19.5 Å². The van der Waals surface area contributed by atoms with Crippen molar-refractivity contribution in [1.29, 1.82) is 0 Å². The summed E-state index contributed by atoms with van der Waals surface area (Å²) in [6.45, 7) is 5.00. The van der Waals surface area contributed by atoms with Crippen molar-refractivity contribution in [3.63, 3.8) is 0 Å². The molecule has 0 saturated carbocycles. The largest absolute Gasteiger partial charge is 0.480 e. The molecule has 120 valence electrons. The number of benzene rings is 1. The summed E-state index contributed by atoms with van der Waals surface area (Å²) in [6, 6.07) is 7.14. The Hall–Kier alpha value is -2.02. The van der Waals surface area contributed by atoms with Crippen LogP contribution in [-0.2, 0) is 14.4 Å². The Morgan fingerprint density at radius 2 is 1.86 bits per heavy atom. The number of carboxylic acid groups (broad SMARTS) is 1. The normalized spacial score (nSPS) is 11.6. The van der Waals surface area contributed by atoms with Crippen LogP contribution < -0.4 is 5.32 Å². The van der Waals surface area contributed by atoms with Gasteiger partial charge < -0.3 is 15.3 Å². The number of aliphatic carboxylic acids is 1. The Kier molecular flexibility index (Phi) is 6.91. The molecule has 0 bridgehead atoms. The third kappa shape index (κ3) is 5.77. The van der Waals surface area contributed by atoms with Gasteiger partial charge >= 0.3 is 5.97 Å². The van der Waals surface area contributed by atoms with E-state index < -0.39 is 5.97 Å². The lowest BCUT2D eigenvalue weighted by atomic mass is 10.3. The van der Waals surface area contributed by atoms with Crippen LogP contribution in [0.15, 0.2) is 29.2 Å². The summed E-state index contributed by atoms with van der Waals surface area (Å²) >= 11 is 1.35. The van der Waals surface area contributed by atoms with Gasteiger partial charge in [-0.1, -0.05) is 0 Å². The number of carboxylic acids is 1. The molecular weight excluding hydrogens is 304 g/mol. The van der Waals surface area contributed by atoms with Gasteiger partial charge in [0.15, 0.2) is 0 Å². The van der Waals surface area contributed by atoms with Crippen LogP contribution in [0.1, 0.15) is 20.8 Å². The standard InChI is InChI=1S/C15H20N2O4S/c1-4-17(9-14(19)20)15(21)10(2)22-13-7-5-12(6-8-13)16-11(3)18/h5-8,10H,4,9H2,1-3H3,(H,16,18)(H,19,20).